The number of benzene rings is 3. The number of para-hydroxylation sites is 2. The summed E-state index contributed by atoms with van der Waals surface area (Å²) in [5.41, 5.74) is 2.07. The van der Waals surface area contributed by atoms with E-state index in [0.29, 0.717) is 22.5 Å². The van der Waals surface area contributed by atoms with E-state index in [-0.39, 0.29) is 17.6 Å². The third-order valence-electron chi connectivity index (χ3n) is 4.06. The van der Waals surface area contributed by atoms with Gasteiger partial charge < -0.3 is 15.3 Å². The number of phenols is 1. The van der Waals surface area contributed by atoms with Crippen LogP contribution >= 0.6 is 22.6 Å². The molecule has 0 radical (unpaired) electrons. The van der Waals surface area contributed by atoms with Crippen LogP contribution in [0.1, 0.15) is 20.7 Å². The summed E-state index contributed by atoms with van der Waals surface area (Å²) >= 11 is 2.12. The van der Waals surface area contributed by atoms with E-state index in [2.05, 4.69) is 27.9 Å². The first kappa shape index (κ1) is 18.9. The van der Waals surface area contributed by atoms with Gasteiger partial charge in [-0.1, -0.05) is 24.3 Å². The van der Waals surface area contributed by atoms with Crippen molar-refractivity contribution < 1.29 is 14.7 Å². The lowest BCUT2D eigenvalue weighted by molar-refractivity contribution is 0.0991. The summed E-state index contributed by atoms with van der Waals surface area (Å²) in [6, 6.07) is 20.6. The maximum atomic E-state index is 12.6. The van der Waals surface area contributed by atoms with Gasteiger partial charge >= 0.3 is 0 Å². The van der Waals surface area contributed by atoms with Crippen molar-refractivity contribution in [2.24, 2.45) is 0 Å². The van der Waals surface area contributed by atoms with Crippen LogP contribution in [0.25, 0.3) is 0 Å². The Labute approximate surface area is 170 Å². The Morgan fingerprint density at radius 2 is 1.56 bits per heavy atom. The maximum Gasteiger partial charge on any atom is 0.258 e. The van der Waals surface area contributed by atoms with Crippen molar-refractivity contribution in [3.05, 3.63) is 87.5 Å². The molecule has 136 valence electrons. The SMILES string of the molecule is CN(C(=O)c1ccc(NC(=O)c2ccccc2I)cc1)c1ccccc1O. The Kier molecular flexibility index (Phi) is 5.75. The van der Waals surface area contributed by atoms with E-state index in [4.69, 9.17) is 0 Å². The highest BCUT2D eigenvalue weighted by molar-refractivity contribution is 14.1. The lowest BCUT2D eigenvalue weighted by Gasteiger charge is -2.18. The van der Waals surface area contributed by atoms with Gasteiger partial charge in [-0.15, -0.1) is 0 Å². The molecule has 0 spiro atoms. The van der Waals surface area contributed by atoms with Crippen molar-refractivity contribution in [2.75, 3.05) is 17.3 Å². The van der Waals surface area contributed by atoms with Crippen LogP contribution in [-0.4, -0.2) is 24.0 Å². The van der Waals surface area contributed by atoms with Crippen molar-refractivity contribution in [1.82, 2.24) is 0 Å². The molecule has 27 heavy (non-hydrogen) atoms. The van der Waals surface area contributed by atoms with Crippen LogP contribution in [0.5, 0.6) is 5.75 Å². The molecule has 0 saturated heterocycles. The van der Waals surface area contributed by atoms with E-state index in [1.807, 2.05) is 18.2 Å². The predicted molar refractivity (Wildman–Crippen MR) is 114 cm³/mol. The fourth-order valence-electron chi connectivity index (χ4n) is 2.59. The van der Waals surface area contributed by atoms with E-state index < -0.39 is 0 Å². The smallest absolute Gasteiger partial charge is 0.258 e. The topological polar surface area (TPSA) is 69.6 Å². The summed E-state index contributed by atoms with van der Waals surface area (Å²) in [4.78, 5) is 26.4. The molecule has 0 heterocycles. The van der Waals surface area contributed by atoms with E-state index in [0.717, 1.165) is 3.57 Å². The van der Waals surface area contributed by atoms with E-state index in [1.165, 1.54) is 11.0 Å². The molecule has 2 N–H and O–H groups in total. The fourth-order valence-corrected chi connectivity index (χ4v) is 3.22. The number of halogens is 1. The molecule has 0 unspecified atom stereocenters. The monoisotopic (exact) mass is 472 g/mol. The van der Waals surface area contributed by atoms with Crippen molar-refractivity contribution in [2.45, 2.75) is 0 Å². The Balaban J connectivity index is 1.73. The molecular formula is C21H17IN2O3. The average molecular weight is 472 g/mol. The number of nitrogens with zero attached hydrogens (tertiary/aromatic N) is 1. The van der Waals surface area contributed by atoms with Crippen LogP contribution in [-0.2, 0) is 0 Å². The summed E-state index contributed by atoms with van der Waals surface area (Å²) in [6.07, 6.45) is 0. The third kappa shape index (κ3) is 4.28. The summed E-state index contributed by atoms with van der Waals surface area (Å²) in [5.74, 6) is -0.424. The molecular weight excluding hydrogens is 455 g/mol. The summed E-state index contributed by atoms with van der Waals surface area (Å²) in [5, 5.41) is 12.7. The van der Waals surface area contributed by atoms with Gasteiger partial charge in [0.1, 0.15) is 5.75 Å². The second-order valence-corrected chi connectivity index (χ2v) is 7.03. The van der Waals surface area contributed by atoms with Crippen LogP contribution in [0.15, 0.2) is 72.8 Å². The van der Waals surface area contributed by atoms with Crippen LogP contribution in [0.4, 0.5) is 11.4 Å². The van der Waals surface area contributed by atoms with Gasteiger partial charge in [0.05, 0.1) is 11.3 Å². The molecule has 0 aliphatic carbocycles. The zero-order chi connectivity index (χ0) is 19.4. The minimum atomic E-state index is -0.257. The zero-order valence-corrected chi connectivity index (χ0v) is 16.7. The lowest BCUT2D eigenvalue weighted by Crippen LogP contribution is -2.26. The lowest BCUT2D eigenvalue weighted by atomic mass is 10.1. The number of hydrogen-bond acceptors (Lipinski definition) is 3. The zero-order valence-electron chi connectivity index (χ0n) is 14.5. The van der Waals surface area contributed by atoms with Crippen molar-refractivity contribution >= 4 is 45.8 Å². The van der Waals surface area contributed by atoms with Gasteiger partial charge in [-0.2, -0.15) is 0 Å². The number of carbonyl (C=O) groups excluding carboxylic acids is 2. The van der Waals surface area contributed by atoms with Crippen LogP contribution in [0, 0.1) is 3.57 Å². The highest BCUT2D eigenvalue weighted by atomic mass is 127. The largest absolute Gasteiger partial charge is 0.506 e. The van der Waals surface area contributed by atoms with E-state index in [1.54, 1.807) is 55.6 Å². The van der Waals surface area contributed by atoms with Gasteiger partial charge in [0.2, 0.25) is 0 Å². The Hall–Kier alpha value is -2.87. The number of carbonyl (C=O) groups is 2. The molecule has 6 heteroatoms. The second-order valence-electron chi connectivity index (χ2n) is 5.86. The van der Waals surface area contributed by atoms with Crippen molar-refractivity contribution in [1.29, 1.82) is 0 Å². The number of aromatic hydroxyl groups is 1. The minimum Gasteiger partial charge on any atom is -0.506 e. The predicted octanol–water partition coefficient (Wildman–Crippen LogP) is 4.53. The molecule has 3 aromatic carbocycles. The number of anilines is 2. The summed E-state index contributed by atoms with van der Waals surface area (Å²) in [6.45, 7) is 0. The Bertz CT molecular complexity index is 987. The standard InChI is InChI=1S/C21H17IN2O3/c1-24(18-8-4-5-9-19(18)25)21(27)14-10-12-15(13-11-14)23-20(26)16-6-2-3-7-17(16)22/h2-13,25H,1H3,(H,23,26). The highest BCUT2D eigenvalue weighted by Crippen LogP contribution is 2.26. The fraction of sp³-hybridized carbons (Fsp3) is 0.0476. The number of phenolic OH excluding ortho intramolecular Hbond substituents is 1. The Morgan fingerprint density at radius 1 is 0.926 bits per heavy atom. The molecule has 2 amide bonds. The first-order valence-corrected chi connectivity index (χ1v) is 9.27. The molecule has 3 aromatic rings. The number of rotatable bonds is 4. The van der Waals surface area contributed by atoms with Crippen LogP contribution < -0.4 is 10.2 Å². The molecule has 0 aliphatic rings. The van der Waals surface area contributed by atoms with Gasteiger partial charge in [-0.25, -0.2) is 0 Å². The molecule has 0 aliphatic heterocycles. The van der Waals surface area contributed by atoms with Gasteiger partial charge in [0.15, 0.2) is 0 Å². The second kappa shape index (κ2) is 8.22. The van der Waals surface area contributed by atoms with Crippen LogP contribution in [0.2, 0.25) is 0 Å². The maximum absolute atomic E-state index is 12.6. The third-order valence-corrected chi connectivity index (χ3v) is 5.00. The number of hydrogen-bond donors (Lipinski definition) is 2. The highest BCUT2D eigenvalue weighted by Gasteiger charge is 2.16. The average Bonchev–Trinajstić information content (AvgIpc) is 2.68. The van der Waals surface area contributed by atoms with E-state index >= 15 is 0 Å². The first-order valence-electron chi connectivity index (χ1n) is 8.19. The Morgan fingerprint density at radius 3 is 2.22 bits per heavy atom. The first-order chi connectivity index (χ1) is 13.0. The molecule has 0 aromatic heterocycles. The van der Waals surface area contributed by atoms with Crippen molar-refractivity contribution in [3.63, 3.8) is 0 Å². The van der Waals surface area contributed by atoms with Gasteiger partial charge in [0.25, 0.3) is 11.8 Å². The van der Waals surface area contributed by atoms with E-state index in [9.17, 15) is 14.7 Å². The number of nitrogens with one attached hydrogen (secondary N) is 1. The summed E-state index contributed by atoms with van der Waals surface area (Å²) < 4.78 is 0.865. The molecule has 5 nitrogen and oxygen atoms in total. The number of amides is 2. The molecule has 0 bridgehead atoms. The molecule has 0 atom stereocenters. The van der Waals surface area contributed by atoms with Gasteiger partial charge in [0, 0.05) is 21.9 Å². The normalized spacial score (nSPS) is 10.3. The van der Waals surface area contributed by atoms with Crippen molar-refractivity contribution in [3.8, 4) is 5.75 Å². The molecule has 3 rings (SSSR count). The van der Waals surface area contributed by atoms with Gasteiger partial charge in [-0.05, 0) is 71.1 Å². The van der Waals surface area contributed by atoms with Gasteiger partial charge in [-0.3, -0.25) is 9.59 Å². The quantitative estimate of drug-likeness (QED) is 0.549. The van der Waals surface area contributed by atoms with Crippen LogP contribution in [0.3, 0.4) is 0 Å². The molecule has 0 fully saturated rings. The molecule has 0 saturated carbocycles. The summed E-state index contributed by atoms with van der Waals surface area (Å²) in [7, 11) is 1.60. The minimum absolute atomic E-state index is 0.0368.